The summed E-state index contributed by atoms with van der Waals surface area (Å²) in [5.41, 5.74) is 0. The molecule has 2 atom stereocenters. The van der Waals surface area contributed by atoms with Crippen LogP contribution in [0.4, 0.5) is 0 Å². The number of nitrogens with one attached hydrogen (secondary N) is 2. The molecule has 0 spiro atoms. The number of halogens is 1. The molecule has 1 fully saturated rings. The number of aliphatic hydroxyl groups is 1. The first-order valence-electron chi connectivity index (χ1n) is 9.40. The zero-order chi connectivity index (χ0) is 19.1. The van der Waals surface area contributed by atoms with Crippen LogP contribution in [0.5, 0.6) is 0 Å². The number of aliphatic imine (C=N–C) groups is 1. The van der Waals surface area contributed by atoms with Crippen molar-refractivity contribution in [3.05, 3.63) is 45.5 Å². The van der Waals surface area contributed by atoms with Crippen LogP contribution in [0.25, 0.3) is 0 Å². The fraction of sp³-hybridized carbons (Fsp3) is 0.526. The number of aliphatic hydroxyl groups excluding tert-OH is 1. The van der Waals surface area contributed by atoms with Crippen molar-refractivity contribution < 1.29 is 9.52 Å². The van der Waals surface area contributed by atoms with Crippen LogP contribution in [0.3, 0.4) is 0 Å². The minimum absolute atomic E-state index is 0.138. The average Bonchev–Trinajstić information content (AvgIpc) is 3.42. The standard InChI is InChI=1S/C19H27ClN4O2S/c1-2-21-19(23-13-15(25)17-7-8-18(20)27-17)22-12-14(16-6-5-11-26-16)24-9-3-4-10-24/h5-8,11,14-15,25H,2-4,9-10,12-13H2,1H3,(H2,21,22,23). The van der Waals surface area contributed by atoms with E-state index in [2.05, 4.69) is 15.5 Å². The Labute approximate surface area is 169 Å². The third kappa shape index (κ3) is 5.72. The molecule has 27 heavy (non-hydrogen) atoms. The lowest BCUT2D eigenvalue weighted by Gasteiger charge is -2.24. The first-order chi connectivity index (χ1) is 13.2. The third-order valence-corrected chi connectivity index (χ3v) is 5.94. The molecule has 0 saturated carbocycles. The summed E-state index contributed by atoms with van der Waals surface area (Å²) in [6.07, 6.45) is 3.53. The van der Waals surface area contributed by atoms with Gasteiger partial charge in [-0.1, -0.05) is 11.6 Å². The van der Waals surface area contributed by atoms with E-state index in [0.29, 0.717) is 23.4 Å². The van der Waals surface area contributed by atoms with Gasteiger partial charge < -0.3 is 20.2 Å². The Morgan fingerprint density at radius 3 is 2.78 bits per heavy atom. The van der Waals surface area contributed by atoms with Gasteiger partial charge in [-0.25, -0.2) is 0 Å². The van der Waals surface area contributed by atoms with E-state index in [9.17, 15) is 5.11 Å². The molecule has 2 aromatic rings. The summed E-state index contributed by atoms with van der Waals surface area (Å²) in [4.78, 5) is 8.01. The molecule has 0 amide bonds. The SMILES string of the molecule is CCNC(=NCC(c1ccco1)N1CCCC1)NCC(O)c1ccc(Cl)s1. The Bertz CT molecular complexity index is 713. The van der Waals surface area contributed by atoms with Crippen molar-refractivity contribution in [2.45, 2.75) is 31.9 Å². The van der Waals surface area contributed by atoms with Gasteiger partial charge in [0, 0.05) is 18.0 Å². The molecule has 1 saturated heterocycles. The molecule has 3 heterocycles. The summed E-state index contributed by atoms with van der Waals surface area (Å²) in [7, 11) is 0. The summed E-state index contributed by atoms with van der Waals surface area (Å²) in [5.74, 6) is 1.64. The predicted octanol–water partition coefficient (Wildman–Crippen LogP) is 3.42. The van der Waals surface area contributed by atoms with Gasteiger partial charge in [0.2, 0.25) is 0 Å². The molecule has 2 unspecified atom stereocenters. The molecular weight excluding hydrogens is 384 g/mol. The topological polar surface area (TPSA) is 73.0 Å². The lowest BCUT2D eigenvalue weighted by molar-refractivity contribution is 0.184. The number of likely N-dealkylation sites (tertiary alicyclic amines) is 1. The van der Waals surface area contributed by atoms with E-state index in [1.54, 1.807) is 12.3 Å². The van der Waals surface area contributed by atoms with E-state index in [4.69, 9.17) is 21.0 Å². The van der Waals surface area contributed by atoms with Crippen LogP contribution in [-0.4, -0.2) is 48.7 Å². The van der Waals surface area contributed by atoms with Crippen LogP contribution >= 0.6 is 22.9 Å². The molecule has 3 rings (SSSR count). The number of thiophene rings is 1. The largest absolute Gasteiger partial charge is 0.468 e. The Balaban J connectivity index is 1.62. The smallest absolute Gasteiger partial charge is 0.191 e. The van der Waals surface area contributed by atoms with Crippen LogP contribution in [-0.2, 0) is 0 Å². The highest BCUT2D eigenvalue weighted by Gasteiger charge is 2.25. The number of hydrogen-bond acceptors (Lipinski definition) is 5. The molecule has 8 heteroatoms. The monoisotopic (exact) mass is 410 g/mol. The fourth-order valence-corrected chi connectivity index (χ4v) is 4.29. The second-order valence-corrected chi connectivity index (χ2v) is 8.28. The summed E-state index contributed by atoms with van der Waals surface area (Å²) in [5, 5.41) is 16.8. The maximum atomic E-state index is 10.3. The number of guanidine groups is 1. The van der Waals surface area contributed by atoms with Crippen LogP contribution in [0.1, 0.15) is 42.5 Å². The van der Waals surface area contributed by atoms with Crippen LogP contribution < -0.4 is 10.6 Å². The molecule has 0 aromatic carbocycles. The normalized spacial score (nSPS) is 17.8. The quantitative estimate of drug-likeness (QED) is 0.459. The van der Waals surface area contributed by atoms with Crippen molar-refractivity contribution in [1.82, 2.24) is 15.5 Å². The Morgan fingerprint density at radius 2 is 2.15 bits per heavy atom. The highest BCUT2D eigenvalue weighted by atomic mass is 35.5. The Kier molecular flexibility index (Phi) is 7.58. The molecule has 0 aliphatic carbocycles. The van der Waals surface area contributed by atoms with E-state index in [-0.39, 0.29) is 6.04 Å². The summed E-state index contributed by atoms with van der Waals surface area (Å²) >= 11 is 7.34. The minimum Gasteiger partial charge on any atom is -0.468 e. The van der Waals surface area contributed by atoms with E-state index in [0.717, 1.165) is 30.3 Å². The van der Waals surface area contributed by atoms with Gasteiger partial charge >= 0.3 is 0 Å². The van der Waals surface area contributed by atoms with Crippen molar-refractivity contribution in [2.24, 2.45) is 4.99 Å². The van der Waals surface area contributed by atoms with E-state index >= 15 is 0 Å². The van der Waals surface area contributed by atoms with Crippen molar-refractivity contribution in [2.75, 3.05) is 32.7 Å². The number of hydrogen-bond donors (Lipinski definition) is 3. The van der Waals surface area contributed by atoms with E-state index < -0.39 is 6.10 Å². The van der Waals surface area contributed by atoms with Gasteiger partial charge in [-0.3, -0.25) is 9.89 Å². The Morgan fingerprint density at radius 1 is 1.33 bits per heavy atom. The maximum absolute atomic E-state index is 10.3. The molecule has 3 N–H and O–H groups in total. The van der Waals surface area contributed by atoms with Crippen LogP contribution in [0, 0.1) is 0 Å². The highest BCUT2D eigenvalue weighted by molar-refractivity contribution is 7.16. The number of furan rings is 1. The predicted molar refractivity (Wildman–Crippen MR) is 111 cm³/mol. The second kappa shape index (κ2) is 10.1. The maximum Gasteiger partial charge on any atom is 0.191 e. The fourth-order valence-electron chi connectivity index (χ4n) is 3.24. The van der Waals surface area contributed by atoms with Gasteiger partial charge in [-0.05, 0) is 57.1 Å². The van der Waals surface area contributed by atoms with Crippen LogP contribution in [0.2, 0.25) is 4.34 Å². The van der Waals surface area contributed by atoms with Gasteiger partial charge in [0.1, 0.15) is 11.9 Å². The first-order valence-corrected chi connectivity index (χ1v) is 10.6. The molecule has 0 radical (unpaired) electrons. The summed E-state index contributed by atoms with van der Waals surface area (Å²) in [6, 6.07) is 7.73. The second-order valence-electron chi connectivity index (χ2n) is 6.53. The molecule has 0 bridgehead atoms. The molecular formula is C19H27ClN4O2S. The van der Waals surface area contributed by atoms with Crippen LogP contribution in [0.15, 0.2) is 39.9 Å². The first kappa shape index (κ1) is 20.2. The number of rotatable bonds is 8. The lowest BCUT2D eigenvalue weighted by atomic mass is 10.2. The van der Waals surface area contributed by atoms with Crippen molar-refractivity contribution in [3.63, 3.8) is 0 Å². The van der Waals surface area contributed by atoms with Crippen molar-refractivity contribution in [1.29, 1.82) is 0 Å². The van der Waals surface area contributed by atoms with Gasteiger partial charge in [0.05, 0.1) is 23.2 Å². The van der Waals surface area contributed by atoms with Crippen molar-refractivity contribution in [3.8, 4) is 0 Å². The highest BCUT2D eigenvalue weighted by Crippen LogP contribution is 2.27. The molecule has 2 aromatic heterocycles. The van der Waals surface area contributed by atoms with Gasteiger partial charge in [0.15, 0.2) is 5.96 Å². The molecule has 148 valence electrons. The minimum atomic E-state index is -0.620. The third-order valence-electron chi connectivity index (χ3n) is 4.60. The molecule has 1 aliphatic rings. The zero-order valence-corrected chi connectivity index (χ0v) is 17.1. The Hall–Kier alpha value is -1.54. The number of nitrogens with zero attached hydrogens (tertiary/aromatic N) is 2. The zero-order valence-electron chi connectivity index (χ0n) is 15.5. The van der Waals surface area contributed by atoms with Gasteiger partial charge in [0.25, 0.3) is 0 Å². The average molecular weight is 411 g/mol. The lowest BCUT2D eigenvalue weighted by Crippen LogP contribution is -2.40. The van der Waals surface area contributed by atoms with E-state index in [1.807, 2.05) is 25.1 Å². The summed E-state index contributed by atoms with van der Waals surface area (Å²) < 4.78 is 6.33. The summed E-state index contributed by atoms with van der Waals surface area (Å²) in [6.45, 7) is 5.89. The van der Waals surface area contributed by atoms with Crippen molar-refractivity contribution >= 4 is 28.9 Å². The van der Waals surface area contributed by atoms with E-state index in [1.165, 1.54) is 24.2 Å². The molecule has 1 aliphatic heterocycles. The van der Waals surface area contributed by atoms with Gasteiger partial charge in [-0.15, -0.1) is 11.3 Å². The van der Waals surface area contributed by atoms with Gasteiger partial charge in [-0.2, -0.15) is 0 Å². The molecule has 6 nitrogen and oxygen atoms in total.